The van der Waals surface area contributed by atoms with Gasteiger partial charge in [-0.05, 0) is 91.9 Å². The number of rotatable bonds is 8. The molecule has 1 atom stereocenters. The number of aromatic hydroxyl groups is 1. The van der Waals surface area contributed by atoms with Crippen molar-refractivity contribution in [2.75, 3.05) is 45.6 Å². The molecule has 0 saturated carbocycles. The normalized spacial score (nSPS) is 18.1. The van der Waals surface area contributed by atoms with Crippen molar-refractivity contribution in [2.45, 2.75) is 42.9 Å². The summed E-state index contributed by atoms with van der Waals surface area (Å²) in [4.78, 5) is 17.9. The van der Waals surface area contributed by atoms with E-state index in [0.717, 1.165) is 41.7 Å². The molecule has 2 aliphatic heterocycles. The van der Waals surface area contributed by atoms with Crippen LogP contribution in [0.15, 0.2) is 71.6 Å². The summed E-state index contributed by atoms with van der Waals surface area (Å²) in [5.74, 6) is 0.188. The van der Waals surface area contributed by atoms with Crippen LogP contribution in [-0.4, -0.2) is 74.8 Å². The highest BCUT2D eigenvalue weighted by molar-refractivity contribution is 7.90. The van der Waals surface area contributed by atoms with Crippen LogP contribution in [0.25, 0.3) is 0 Å². The van der Waals surface area contributed by atoms with E-state index >= 15 is 0 Å². The zero-order valence-electron chi connectivity index (χ0n) is 23.1. The van der Waals surface area contributed by atoms with Crippen molar-refractivity contribution in [1.82, 2.24) is 9.80 Å². The Hall–Kier alpha value is -3.36. The van der Waals surface area contributed by atoms with Gasteiger partial charge in [-0.25, -0.2) is 8.42 Å². The van der Waals surface area contributed by atoms with E-state index < -0.39 is 9.84 Å². The lowest BCUT2D eigenvalue weighted by Gasteiger charge is -2.26. The van der Waals surface area contributed by atoms with E-state index in [2.05, 4.69) is 4.90 Å². The topological polar surface area (TPSA) is 87.2 Å². The molecule has 0 bridgehead atoms. The first-order chi connectivity index (χ1) is 19.3. The van der Waals surface area contributed by atoms with Crippen LogP contribution >= 0.6 is 0 Å². The molecule has 212 valence electrons. The summed E-state index contributed by atoms with van der Waals surface area (Å²) >= 11 is 0. The average Bonchev–Trinajstić information content (AvgIpc) is 3.15. The molecule has 0 aromatic heterocycles. The molecule has 1 fully saturated rings. The minimum atomic E-state index is -3.62. The molecule has 1 unspecified atom stereocenters. The number of ether oxygens (including phenoxy) is 1. The second-order valence-corrected chi connectivity index (χ2v) is 12.9. The summed E-state index contributed by atoms with van der Waals surface area (Å²) in [6, 6.07) is 20.3. The van der Waals surface area contributed by atoms with Gasteiger partial charge in [-0.2, -0.15) is 0 Å². The van der Waals surface area contributed by atoms with Gasteiger partial charge in [-0.3, -0.25) is 4.79 Å². The fourth-order valence-electron chi connectivity index (χ4n) is 5.82. The second kappa shape index (κ2) is 12.4. The predicted octanol–water partition coefficient (Wildman–Crippen LogP) is 4.88. The molecule has 0 radical (unpaired) electrons. The zero-order valence-corrected chi connectivity index (χ0v) is 23.9. The van der Waals surface area contributed by atoms with Crippen molar-refractivity contribution < 1.29 is 23.1 Å². The summed E-state index contributed by atoms with van der Waals surface area (Å²) in [6.45, 7) is 4.93. The largest absolute Gasteiger partial charge is 0.507 e. The standard InChI is InChI=1S/C32H38N2O5S/c1-40(37,38)31-22-28-26(21-30(31)35)15-19-34(23-29(28)24-9-4-2-5-10-24)32(36)25-11-13-27(14-12-25)39-20-8-18-33-16-6-3-7-17-33/h2,4-5,9-14,21-22,29,35H,3,6-8,15-20,23H2,1H3. The smallest absolute Gasteiger partial charge is 0.253 e. The minimum Gasteiger partial charge on any atom is -0.507 e. The number of carbonyl (C=O) groups excluding carboxylic acids is 1. The van der Waals surface area contributed by atoms with Crippen LogP contribution < -0.4 is 4.74 Å². The maximum atomic E-state index is 13.7. The summed E-state index contributed by atoms with van der Waals surface area (Å²) < 4.78 is 30.7. The monoisotopic (exact) mass is 562 g/mol. The Morgan fingerprint density at radius 1 is 0.975 bits per heavy atom. The Morgan fingerprint density at radius 3 is 2.40 bits per heavy atom. The number of hydrogen-bond donors (Lipinski definition) is 1. The van der Waals surface area contributed by atoms with Crippen molar-refractivity contribution in [3.63, 3.8) is 0 Å². The zero-order chi connectivity index (χ0) is 28.1. The Kier molecular flexibility index (Phi) is 8.76. The fourth-order valence-corrected chi connectivity index (χ4v) is 6.60. The summed E-state index contributed by atoms with van der Waals surface area (Å²) in [5, 5.41) is 10.5. The van der Waals surface area contributed by atoms with E-state index in [1.54, 1.807) is 12.1 Å². The van der Waals surface area contributed by atoms with E-state index in [4.69, 9.17) is 4.74 Å². The number of nitrogens with zero attached hydrogens (tertiary/aromatic N) is 2. The number of phenols is 1. The quantitative estimate of drug-likeness (QED) is 0.394. The number of amides is 1. The molecule has 1 N–H and O–H groups in total. The van der Waals surface area contributed by atoms with E-state index in [-0.39, 0.29) is 22.5 Å². The summed E-state index contributed by atoms with van der Waals surface area (Å²) in [7, 11) is -3.62. The first-order valence-corrected chi connectivity index (χ1v) is 16.0. The van der Waals surface area contributed by atoms with Gasteiger partial charge in [-0.1, -0.05) is 36.8 Å². The van der Waals surface area contributed by atoms with E-state index in [1.165, 1.54) is 32.4 Å². The highest BCUT2D eigenvalue weighted by atomic mass is 32.2. The van der Waals surface area contributed by atoms with E-state index in [1.807, 2.05) is 59.5 Å². The Bertz CT molecular complexity index is 1420. The van der Waals surface area contributed by atoms with Crippen LogP contribution in [0.2, 0.25) is 0 Å². The van der Waals surface area contributed by atoms with Crippen LogP contribution in [0, 0.1) is 0 Å². The molecule has 2 heterocycles. The number of piperidine rings is 1. The molecule has 7 nitrogen and oxygen atoms in total. The number of hydrogen-bond acceptors (Lipinski definition) is 6. The van der Waals surface area contributed by atoms with Gasteiger partial charge in [0.1, 0.15) is 16.4 Å². The molecule has 2 aliphatic rings. The van der Waals surface area contributed by atoms with Gasteiger partial charge in [0, 0.05) is 37.4 Å². The van der Waals surface area contributed by atoms with Crippen molar-refractivity contribution in [1.29, 1.82) is 0 Å². The minimum absolute atomic E-state index is 0.0847. The Balaban J connectivity index is 1.30. The Morgan fingerprint density at radius 2 is 1.70 bits per heavy atom. The third-order valence-electron chi connectivity index (χ3n) is 7.98. The third kappa shape index (κ3) is 6.67. The van der Waals surface area contributed by atoms with E-state index in [9.17, 15) is 18.3 Å². The molecule has 3 aromatic rings. The van der Waals surface area contributed by atoms with Crippen molar-refractivity contribution in [2.24, 2.45) is 0 Å². The molecule has 0 aliphatic carbocycles. The first kappa shape index (κ1) is 28.2. The molecule has 5 rings (SSSR count). The predicted molar refractivity (Wildman–Crippen MR) is 156 cm³/mol. The molecular formula is C32H38N2O5S. The Labute approximate surface area is 237 Å². The van der Waals surface area contributed by atoms with Crippen LogP contribution in [0.1, 0.15) is 58.6 Å². The number of fused-ring (bicyclic) bond motifs is 1. The van der Waals surface area contributed by atoms with Crippen LogP contribution in [0.3, 0.4) is 0 Å². The lowest BCUT2D eigenvalue weighted by atomic mass is 9.88. The number of benzene rings is 3. The van der Waals surface area contributed by atoms with Crippen molar-refractivity contribution in [3.8, 4) is 11.5 Å². The van der Waals surface area contributed by atoms with Gasteiger partial charge < -0.3 is 19.6 Å². The summed E-state index contributed by atoms with van der Waals surface area (Å²) in [5.41, 5.74) is 3.25. The van der Waals surface area contributed by atoms with E-state index in [0.29, 0.717) is 31.7 Å². The van der Waals surface area contributed by atoms with Crippen molar-refractivity contribution in [3.05, 3.63) is 89.0 Å². The lowest BCUT2D eigenvalue weighted by molar-refractivity contribution is 0.0756. The highest BCUT2D eigenvalue weighted by Crippen LogP contribution is 2.37. The van der Waals surface area contributed by atoms with Gasteiger partial charge in [0.2, 0.25) is 0 Å². The maximum Gasteiger partial charge on any atom is 0.253 e. The SMILES string of the molecule is CS(=O)(=O)c1cc2c(cc1O)CCN(C(=O)c1ccc(OCCCN3CCCCC3)cc1)CC2c1ccccc1. The molecule has 3 aromatic carbocycles. The molecule has 1 saturated heterocycles. The molecule has 40 heavy (non-hydrogen) atoms. The summed E-state index contributed by atoms with van der Waals surface area (Å²) in [6.07, 6.45) is 6.50. The lowest BCUT2D eigenvalue weighted by Crippen LogP contribution is -2.35. The van der Waals surface area contributed by atoms with Gasteiger partial charge in [0.25, 0.3) is 5.91 Å². The number of phenolic OH excluding ortho intramolecular Hbond substituents is 1. The van der Waals surface area contributed by atoms with Crippen LogP contribution in [0.5, 0.6) is 11.5 Å². The average molecular weight is 563 g/mol. The maximum absolute atomic E-state index is 13.7. The van der Waals surface area contributed by atoms with Crippen LogP contribution in [0.4, 0.5) is 0 Å². The molecular weight excluding hydrogens is 524 g/mol. The number of likely N-dealkylation sites (tertiary alicyclic amines) is 1. The van der Waals surface area contributed by atoms with Gasteiger partial charge in [0.15, 0.2) is 9.84 Å². The van der Waals surface area contributed by atoms with Gasteiger partial charge >= 0.3 is 0 Å². The molecule has 8 heteroatoms. The first-order valence-electron chi connectivity index (χ1n) is 14.1. The molecule has 0 spiro atoms. The molecule has 1 amide bonds. The third-order valence-corrected chi connectivity index (χ3v) is 9.10. The fraction of sp³-hybridized carbons (Fsp3) is 0.406. The van der Waals surface area contributed by atoms with Crippen molar-refractivity contribution >= 4 is 15.7 Å². The van der Waals surface area contributed by atoms with Crippen LogP contribution in [-0.2, 0) is 16.3 Å². The number of carbonyl (C=O) groups is 1. The van der Waals surface area contributed by atoms with Gasteiger partial charge in [0.05, 0.1) is 6.61 Å². The second-order valence-electron chi connectivity index (χ2n) is 10.9. The van der Waals surface area contributed by atoms with Gasteiger partial charge in [-0.15, -0.1) is 0 Å². The highest BCUT2D eigenvalue weighted by Gasteiger charge is 2.30. The number of sulfone groups is 1.